The third-order valence-electron chi connectivity index (χ3n) is 2.77. The molecule has 0 aliphatic heterocycles. The SMILES string of the molecule is N#CC(Cc1ccncc1)C(=O)Nc1ccc(F)cc1. The Labute approximate surface area is 115 Å². The summed E-state index contributed by atoms with van der Waals surface area (Å²) in [6.45, 7) is 0. The molecule has 0 aliphatic rings. The maximum absolute atomic E-state index is 12.8. The smallest absolute Gasteiger partial charge is 0.242 e. The first-order valence-electron chi connectivity index (χ1n) is 6.04. The molecule has 1 atom stereocenters. The van der Waals surface area contributed by atoms with E-state index >= 15 is 0 Å². The van der Waals surface area contributed by atoms with E-state index in [9.17, 15) is 9.18 Å². The molecule has 2 rings (SSSR count). The fraction of sp³-hybridized carbons (Fsp3) is 0.133. The standard InChI is InChI=1S/C15H12FN3O/c16-13-1-3-14(4-2-13)19-15(20)12(10-17)9-11-5-7-18-8-6-11/h1-8,12H,9H2,(H,19,20). The van der Waals surface area contributed by atoms with Gasteiger partial charge in [0.25, 0.3) is 0 Å². The van der Waals surface area contributed by atoms with Crippen molar-refractivity contribution in [1.82, 2.24) is 4.98 Å². The van der Waals surface area contributed by atoms with Crippen molar-refractivity contribution in [3.8, 4) is 6.07 Å². The van der Waals surface area contributed by atoms with Gasteiger partial charge in [-0.2, -0.15) is 5.26 Å². The summed E-state index contributed by atoms with van der Waals surface area (Å²) < 4.78 is 12.8. The minimum Gasteiger partial charge on any atom is -0.325 e. The number of carbonyl (C=O) groups is 1. The van der Waals surface area contributed by atoms with Gasteiger partial charge in [0.2, 0.25) is 5.91 Å². The van der Waals surface area contributed by atoms with Crippen LogP contribution in [-0.4, -0.2) is 10.9 Å². The maximum atomic E-state index is 12.8. The van der Waals surface area contributed by atoms with E-state index in [1.54, 1.807) is 24.5 Å². The van der Waals surface area contributed by atoms with Gasteiger partial charge in [0, 0.05) is 18.1 Å². The van der Waals surface area contributed by atoms with E-state index in [-0.39, 0.29) is 5.82 Å². The van der Waals surface area contributed by atoms with E-state index in [1.807, 2.05) is 6.07 Å². The lowest BCUT2D eigenvalue weighted by Crippen LogP contribution is -2.23. The van der Waals surface area contributed by atoms with Crippen LogP contribution in [0.15, 0.2) is 48.8 Å². The molecule has 1 unspecified atom stereocenters. The molecule has 0 bridgehead atoms. The van der Waals surface area contributed by atoms with Crippen LogP contribution in [0, 0.1) is 23.1 Å². The van der Waals surface area contributed by atoms with Crippen LogP contribution < -0.4 is 5.32 Å². The van der Waals surface area contributed by atoms with Crippen molar-refractivity contribution in [1.29, 1.82) is 5.26 Å². The molecule has 2 aromatic rings. The zero-order valence-electron chi connectivity index (χ0n) is 10.6. The monoisotopic (exact) mass is 269 g/mol. The Balaban J connectivity index is 2.03. The minimum atomic E-state index is -0.803. The van der Waals surface area contributed by atoms with Crippen LogP contribution >= 0.6 is 0 Å². The highest BCUT2D eigenvalue weighted by molar-refractivity contribution is 5.94. The Morgan fingerprint density at radius 2 is 1.90 bits per heavy atom. The Hall–Kier alpha value is -2.74. The van der Waals surface area contributed by atoms with Crippen LogP contribution in [-0.2, 0) is 11.2 Å². The number of nitriles is 1. The van der Waals surface area contributed by atoms with Crippen molar-refractivity contribution in [3.05, 3.63) is 60.2 Å². The molecule has 1 heterocycles. The summed E-state index contributed by atoms with van der Waals surface area (Å²) in [5.41, 5.74) is 1.33. The number of rotatable bonds is 4. The lowest BCUT2D eigenvalue weighted by atomic mass is 10.0. The second kappa shape index (κ2) is 6.43. The lowest BCUT2D eigenvalue weighted by Gasteiger charge is -2.10. The summed E-state index contributed by atoms with van der Waals surface area (Å²) in [5, 5.41) is 11.7. The Morgan fingerprint density at radius 1 is 1.25 bits per heavy atom. The predicted octanol–water partition coefficient (Wildman–Crippen LogP) is 2.54. The van der Waals surface area contributed by atoms with E-state index in [2.05, 4.69) is 10.3 Å². The Kier molecular flexibility index (Phi) is 4.40. The maximum Gasteiger partial charge on any atom is 0.242 e. The van der Waals surface area contributed by atoms with Gasteiger partial charge in [0.1, 0.15) is 11.7 Å². The number of pyridine rings is 1. The summed E-state index contributed by atoms with van der Waals surface area (Å²) in [4.78, 5) is 15.9. The number of nitrogens with zero attached hydrogens (tertiary/aromatic N) is 2. The molecule has 1 amide bonds. The molecule has 1 aromatic heterocycles. The van der Waals surface area contributed by atoms with Crippen molar-refractivity contribution in [3.63, 3.8) is 0 Å². The molecule has 5 heteroatoms. The topological polar surface area (TPSA) is 65.8 Å². The van der Waals surface area contributed by atoms with Gasteiger partial charge in [-0.3, -0.25) is 9.78 Å². The highest BCUT2D eigenvalue weighted by Gasteiger charge is 2.18. The number of hydrogen-bond donors (Lipinski definition) is 1. The largest absolute Gasteiger partial charge is 0.325 e. The number of nitrogens with one attached hydrogen (secondary N) is 1. The summed E-state index contributed by atoms with van der Waals surface area (Å²) >= 11 is 0. The van der Waals surface area contributed by atoms with Gasteiger partial charge in [0.15, 0.2) is 0 Å². The van der Waals surface area contributed by atoms with Crippen LogP contribution in [0.3, 0.4) is 0 Å². The first-order chi connectivity index (χ1) is 9.69. The van der Waals surface area contributed by atoms with Gasteiger partial charge in [-0.1, -0.05) is 0 Å². The highest BCUT2D eigenvalue weighted by atomic mass is 19.1. The molecule has 1 aromatic carbocycles. The normalized spacial score (nSPS) is 11.4. The first kappa shape index (κ1) is 13.7. The molecular weight excluding hydrogens is 257 g/mol. The first-order valence-corrected chi connectivity index (χ1v) is 6.04. The van der Waals surface area contributed by atoms with E-state index in [0.29, 0.717) is 12.1 Å². The molecule has 0 aliphatic carbocycles. The fourth-order valence-electron chi connectivity index (χ4n) is 1.71. The predicted molar refractivity (Wildman–Crippen MR) is 72.1 cm³/mol. The van der Waals surface area contributed by atoms with Crippen LogP contribution in [0.5, 0.6) is 0 Å². The van der Waals surface area contributed by atoms with E-state index in [0.717, 1.165) is 5.56 Å². The second-order valence-corrected chi connectivity index (χ2v) is 4.24. The van der Waals surface area contributed by atoms with Crippen molar-refractivity contribution < 1.29 is 9.18 Å². The Morgan fingerprint density at radius 3 is 2.50 bits per heavy atom. The molecule has 0 fully saturated rings. The van der Waals surface area contributed by atoms with E-state index < -0.39 is 11.8 Å². The van der Waals surface area contributed by atoms with Gasteiger partial charge in [-0.15, -0.1) is 0 Å². The molecule has 4 nitrogen and oxygen atoms in total. The highest BCUT2D eigenvalue weighted by Crippen LogP contribution is 2.13. The average molecular weight is 269 g/mol. The summed E-state index contributed by atoms with van der Waals surface area (Å²) in [7, 11) is 0. The van der Waals surface area contributed by atoms with Gasteiger partial charge in [-0.05, 0) is 48.4 Å². The molecule has 0 radical (unpaired) electrons. The molecule has 100 valence electrons. The summed E-state index contributed by atoms with van der Waals surface area (Å²) in [6.07, 6.45) is 3.54. The van der Waals surface area contributed by atoms with Crippen molar-refractivity contribution >= 4 is 11.6 Å². The van der Waals surface area contributed by atoms with Crippen LogP contribution in [0.4, 0.5) is 10.1 Å². The van der Waals surface area contributed by atoms with Crippen molar-refractivity contribution in [2.75, 3.05) is 5.32 Å². The Bertz CT molecular complexity index is 620. The zero-order chi connectivity index (χ0) is 14.4. The molecule has 0 spiro atoms. The number of anilines is 1. The number of aromatic nitrogens is 1. The number of amides is 1. The third-order valence-corrected chi connectivity index (χ3v) is 2.77. The number of carbonyl (C=O) groups excluding carboxylic acids is 1. The van der Waals surface area contributed by atoms with Crippen LogP contribution in [0.1, 0.15) is 5.56 Å². The van der Waals surface area contributed by atoms with Crippen LogP contribution in [0.25, 0.3) is 0 Å². The van der Waals surface area contributed by atoms with Gasteiger partial charge in [0.05, 0.1) is 6.07 Å². The molecule has 1 N–H and O–H groups in total. The van der Waals surface area contributed by atoms with Gasteiger partial charge in [-0.25, -0.2) is 4.39 Å². The van der Waals surface area contributed by atoms with Crippen molar-refractivity contribution in [2.24, 2.45) is 5.92 Å². The van der Waals surface area contributed by atoms with Gasteiger partial charge >= 0.3 is 0 Å². The van der Waals surface area contributed by atoms with Crippen LogP contribution in [0.2, 0.25) is 0 Å². The molecule has 0 saturated carbocycles. The van der Waals surface area contributed by atoms with Gasteiger partial charge < -0.3 is 5.32 Å². The van der Waals surface area contributed by atoms with Crippen molar-refractivity contribution in [2.45, 2.75) is 6.42 Å². The number of hydrogen-bond acceptors (Lipinski definition) is 3. The molecule has 0 saturated heterocycles. The molecular formula is C15H12FN3O. The lowest BCUT2D eigenvalue weighted by molar-refractivity contribution is -0.118. The summed E-state index contributed by atoms with van der Waals surface area (Å²) in [5.74, 6) is -1.59. The second-order valence-electron chi connectivity index (χ2n) is 4.24. The van der Waals surface area contributed by atoms with E-state index in [4.69, 9.17) is 5.26 Å². The fourth-order valence-corrected chi connectivity index (χ4v) is 1.71. The van der Waals surface area contributed by atoms with E-state index in [1.165, 1.54) is 24.3 Å². The minimum absolute atomic E-state index is 0.312. The summed E-state index contributed by atoms with van der Waals surface area (Å²) in [6, 6.07) is 10.9. The zero-order valence-corrected chi connectivity index (χ0v) is 10.6. The molecule has 20 heavy (non-hydrogen) atoms. The number of benzene rings is 1. The average Bonchev–Trinajstić information content (AvgIpc) is 2.48. The quantitative estimate of drug-likeness (QED) is 0.927. The number of halogens is 1. The third kappa shape index (κ3) is 3.62.